The van der Waals surface area contributed by atoms with Gasteiger partial charge in [0.25, 0.3) is 5.91 Å². The lowest BCUT2D eigenvalue weighted by Crippen LogP contribution is -2.43. The summed E-state index contributed by atoms with van der Waals surface area (Å²) in [7, 11) is 1.66. The minimum atomic E-state index is -0.704. The SMILES string of the molecule is COc1cc2c(cc1Nc1nnc(C(N)=O)c(Nc3cccc(C)c3)n1)CN1CCCCC1C2. The lowest BCUT2D eigenvalue weighted by Gasteiger charge is -2.40. The molecule has 1 saturated heterocycles. The van der Waals surface area contributed by atoms with Crippen molar-refractivity contribution in [2.75, 3.05) is 24.3 Å². The Labute approximate surface area is 198 Å². The van der Waals surface area contributed by atoms with Gasteiger partial charge in [0.15, 0.2) is 11.5 Å². The van der Waals surface area contributed by atoms with Crippen LogP contribution in [-0.4, -0.2) is 45.7 Å². The number of hydrogen-bond acceptors (Lipinski definition) is 8. The Balaban J connectivity index is 1.45. The van der Waals surface area contributed by atoms with Crippen LogP contribution in [0.4, 0.5) is 23.1 Å². The Kier molecular flexibility index (Phi) is 6.02. The Morgan fingerprint density at radius 3 is 2.82 bits per heavy atom. The topological polar surface area (TPSA) is 118 Å². The maximum atomic E-state index is 11.9. The van der Waals surface area contributed by atoms with E-state index in [0.29, 0.717) is 6.04 Å². The fourth-order valence-electron chi connectivity index (χ4n) is 4.85. The predicted molar refractivity (Wildman–Crippen MR) is 131 cm³/mol. The highest BCUT2D eigenvalue weighted by Gasteiger charge is 2.29. The second kappa shape index (κ2) is 9.26. The van der Waals surface area contributed by atoms with E-state index in [1.807, 2.05) is 31.2 Å². The lowest BCUT2D eigenvalue weighted by atomic mass is 9.88. The molecular weight excluding hydrogens is 430 g/mol. The van der Waals surface area contributed by atoms with Crippen LogP contribution in [0.2, 0.25) is 0 Å². The predicted octanol–water partition coefficient (Wildman–Crippen LogP) is 3.69. The number of amides is 1. The second-order valence-corrected chi connectivity index (χ2v) is 8.96. The zero-order chi connectivity index (χ0) is 23.7. The molecule has 0 radical (unpaired) electrons. The standard InChI is InChI=1S/C25H29N7O2/c1-15-6-5-7-18(10-15)27-24-22(23(26)33)30-31-25(29-24)28-20-12-17-14-32-9-4-3-8-19(32)11-16(17)13-21(20)34-2/h5-7,10,12-13,19H,3-4,8-9,11,14H2,1-2H3,(H2,26,33)(H2,27,28,29,31). The molecule has 176 valence electrons. The summed E-state index contributed by atoms with van der Waals surface area (Å²) in [5.41, 5.74) is 10.7. The van der Waals surface area contributed by atoms with Gasteiger partial charge in [-0.2, -0.15) is 4.98 Å². The summed E-state index contributed by atoms with van der Waals surface area (Å²) in [4.78, 5) is 19.0. The number of aromatic nitrogens is 3. The third-order valence-electron chi connectivity index (χ3n) is 6.55. The number of methoxy groups -OCH3 is 1. The van der Waals surface area contributed by atoms with Crippen molar-refractivity contribution in [2.24, 2.45) is 5.73 Å². The summed E-state index contributed by atoms with van der Waals surface area (Å²) < 4.78 is 5.68. The molecule has 0 bridgehead atoms. The number of ether oxygens (including phenoxy) is 1. The van der Waals surface area contributed by atoms with E-state index in [4.69, 9.17) is 10.5 Å². The summed E-state index contributed by atoms with van der Waals surface area (Å²) in [5.74, 6) is 0.497. The lowest BCUT2D eigenvalue weighted by molar-refractivity contribution is 0.0995. The van der Waals surface area contributed by atoms with Crippen LogP contribution in [0.25, 0.3) is 0 Å². The van der Waals surface area contributed by atoms with Crippen molar-refractivity contribution in [1.29, 1.82) is 0 Å². The molecule has 1 fully saturated rings. The number of carbonyl (C=O) groups is 1. The highest BCUT2D eigenvalue weighted by molar-refractivity contribution is 5.96. The molecule has 2 aliphatic rings. The molecule has 1 aromatic heterocycles. The Morgan fingerprint density at radius 2 is 2.03 bits per heavy atom. The largest absolute Gasteiger partial charge is 0.495 e. The van der Waals surface area contributed by atoms with Crippen molar-refractivity contribution in [1.82, 2.24) is 20.1 Å². The molecule has 5 rings (SSSR count). The van der Waals surface area contributed by atoms with Gasteiger partial charge in [-0.15, -0.1) is 10.2 Å². The Hall–Kier alpha value is -3.72. The first-order chi connectivity index (χ1) is 16.5. The number of fused-ring (bicyclic) bond motifs is 2. The normalized spacial score (nSPS) is 17.4. The maximum Gasteiger partial charge on any atom is 0.273 e. The van der Waals surface area contributed by atoms with Gasteiger partial charge in [0, 0.05) is 18.3 Å². The molecule has 3 aromatic rings. The zero-order valence-corrected chi connectivity index (χ0v) is 19.5. The molecule has 34 heavy (non-hydrogen) atoms. The van der Waals surface area contributed by atoms with E-state index in [2.05, 4.69) is 42.8 Å². The highest BCUT2D eigenvalue weighted by Crippen LogP contribution is 2.36. The monoisotopic (exact) mass is 459 g/mol. The number of nitrogens with zero attached hydrogens (tertiary/aromatic N) is 4. The smallest absolute Gasteiger partial charge is 0.273 e. The third-order valence-corrected chi connectivity index (χ3v) is 6.55. The summed E-state index contributed by atoms with van der Waals surface area (Å²) in [6.07, 6.45) is 4.86. The van der Waals surface area contributed by atoms with Crippen molar-refractivity contribution in [3.05, 3.63) is 58.8 Å². The minimum Gasteiger partial charge on any atom is -0.495 e. The average molecular weight is 460 g/mol. The first-order valence-electron chi connectivity index (χ1n) is 11.6. The van der Waals surface area contributed by atoms with Gasteiger partial charge >= 0.3 is 0 Å². The van der Waals surface area contributed by atoms with Crippen LogP contribution in [0.5, 0.6) is 5.75 Å². The highest BCUT2D eigenvalue weighted by atomic mass is 16.5. The first-order valence-corrected chi connectivity index (χ1v) is 11.6. The molecule has 1 amide bonds. The van der Waals surface area contributed by atoms with Crippen molar-refractivity contribution in [3.8, 4) is 5.75 Å². The van der Waals surface area contributed by atoms with Gasteiger partial charge in [-0.05, 0) is 73.7 Å². The van der Waals surface area contributed by atoms with Crippen molar-refractivity contribution >= 4 is 29.0 Å². The quantitative estimate of drug-likeness (QED) is 0.511. The number of primary amides is 1. The van der Waals surface area contributed by atoms with Crippen LogP contribution in [0, 0.1) is 6.92 Å². The van der Waals surface area contributed by atoms with Crippen LogP contribution in [0.1, 0.15) is 46.4 Å². The summed E-state index contributed by atoms with van der Waals surface area (Å²) in [6.45, 7) is 4.06. The molecule has 2 aliphatic heterocycles. The molecule has 3 heterocycles. The third kappa shape index (κ3) is 4.51. The van der Waals surface area contributed by atoms with Crippen LogP contribution >= 0.6 is 0 Å². The van der Waals surface area contributed by atoms with Crippen LogP contribution < -0.4 is 21.1 Å². The molecule has 9 heteroatoms. The molecule has 4 N–H and O–H groups in total. The number of rotatable bonds is 6. The van der Waals surface area contributed by atoms with Gasteiger partial charge in [0.05, 0.1) is 12.8 Å². The zero-order valence-electron chi connectivity index (χ0n) is 19.5. The molecule has 0 spiro atoms. The van der Waals surface area contributed by atoms with Gasteiger partial charge in [-0.25, -0.2) is 0 Å². The number of benzene rings is 2. The number of nitrogens with one attached hydrogen (secondary N) is 2. The van der Waals surface area contributed by atoms with Crippen molar-refractivity contribution in [2.45, 2.75) is 45.2 Å². The number of hydrogen-bond donors (Lipinski definition) is 3. The number of piperidine rings is 1. The van der Waals surface area contributed by atoms with E-state index in [0.717, 1.165) is 42.2 Å². The summed E-state index contributed by atoms with van der Waals surface area (Å²) >= 11 is 0. The van der Waals surface area contributed by atoms with E-state index < -0.39 is 5.91 Å². The van der Waals surface area contributed by atoms with E-state index in [1.165, 1.54) is 30.4 Å². The number of anilines is 4. The van der Waals surface area contributed by atoms with E-state index >= 15 is 0 Å². The first kappa shape index (κ1) is 22.1. The second-order valence-electron chi connectivity index (χ2n) is 8.96. The number of aryl methyl sites for hydroxylation is 1. The molecule has 1 unspecified atom stereocenters. The van der Waals surface area contributed by atoms with Crippen LogP contribution in [-0.2, 0) is 13.0 Å². The molecular formula is C25H29N7O2. The molecule has 0 aliphatic carbocycles. The summed E-state index contributed by atoms with van der Waals surface area (Å²) in [6, 6.07) is 12.6. The maximum absolute atomic E-state index is 11.9. The molecule has 0 saturated carbocycles. The fraction of sp³-hybridized carbons (Fsp3) is 0.360. The van der Waals surface area contributed by atoms with Crippen LogP contribution in [0.3, 0.4) is 0 Å². The average Bonchev–Trinajstić information content (AvgIpc) is 2.82. The van der Waals surface area contributed by atoms with Crippen LogP contribution in [0.15, 0.2) is 36.4 Å². The van der Waals surface area contributed by atoms with E-state index in [-0.39, 0.29) is 17.5 Å². The van der Waals surface area contributed by atoms with E-state index in [1.54, 1.807) is 7.11 Å². The van der Waals surface area contributed by atoms with Gasteiger partial charge in [0.2, 0.25) is 5.95 Å². The number of nitrogens with two attached hydrogens (primary N) is 1. The molecule has 9 nitrogen and oxygen atoms in total. The van der Waals surface area contributed by atoms with Gasteiger partial charge in [0.1, 0.15) is 5.75 Å². The number of carbonyl (C=O) groups excluding carboxylic acids is 1. The molecule has 2 aromatic carbocycles. The van der Waals surface area contributed by atoms with Crippen molar-refractivity contribution < 1.29 is 9.53 Å². The van der Waals surface area contributed by atoms with Crippen molar-refractivity contribution in [3.63, 3.8) is 0 Å². The fourth-order valence-corrected chi connectivity index (χ4v) is 4.85. The Morgan fingerprint density at radius 1 is 1.15 bits per heavy atom. The van der Waals surface area contributed by atoms with Gasteiger partial charge in [-0.3, -0.25) is 9.69 Å². The van der Waals surface area contributed by atoms with Gasteiger partial charge < -0.3 is 21.1 Å². The summed E-state index contributed by atoms with van der Waals surface area (Å²) in [5, 5.41) is 14.5. The Bertz CT molecular complexity index is 1230. The molecule has 1 atom stereocenters. The van der Waals surface area contributed by atoms with E-state index in [9.17, 15) is 4.79 Å². The van der Waals surface area contributed by atoms with Gasteiger partial charge in [-0.1, -0.05) is 18.6 Å². The minimum absolute atomic E-state index is 0.0272.